The summed E-state index contributed by atoms with van der Waals surface area (Å²) >= 11 is 5.63. The van der Waals surface area contributed by atoms with Crippen molar-refractivity contribution < 1.29 is 4.39 Å². The number of anilines is 1. The normalized spacial score (nSPS) is 9.82. The van der Waals surface area contributed by atoms with Gasteiger partial charge in [-0.1, -0.05) is 11.6 Å². The van der Waals surface area contributed by atoms with Crippen LogP contribution in [0.4, 0.5) is 10.1 Å². The Labute approximate surface area is 70.4 Å². The average molecular weight is 174 g/mol. The van der Waals surface area contributed by atoms with E-state index in [1.165, 1.54) is 12.1 Å². The van der Waals surface area contributed by atoms with Crippen LogP contribution in [0.1, 0.15) is 0 Å². The van der Waals surface area contributed by atoms with Gasteiger partial charge in [-0.05, 0) is 18.2 Å². The molecule has 3 heteroatoms. The minimum atomic E-state index is -0.304. The van der Waals surface area contributed by atoms with Gasteiger partial charge in [0, 0.05) is 24.8 Å². The van der Waals surface area contributed by atoms with Gasteiger partial charge >= 0.3 is 0 Å². The standard InChI is InChI=1S/C8H9ClFN/c1-11(2)8-4-6(9)3-7(10)5-8/h3-5H,1-2H3. The van der Waals surface area contributed by atoms with Crippen LogP contribution in [0.3, 0.4) is 0 Å². The first-order valence-electron chi connectivity index (χ1n) is 3.23. The maximum atomic E-state index is 12.7. The highest BCUT2D eigenvalue weighted by molar-refractivity contribution is 6.30. The van der Waals surface area contributed by atoms with Crippen LogP contribution in [0.2, 0.25) is 5.02 Å². The maximum absolute atomic E-state index is 12.7. The van der Waals surface area contributed by atoms with E-state index in [4.69, 9.17) is 11.6 Å². The first-order valence-corrected chi connectivity index (χ1v) is 3.61. The third-order valence-corrected chi connectivity index (χ3v) is 1.58. The minimum Gasteiger partial charge on any atom is -0.378 e. The molecule has 0 heterocycles. The van der Waals surface area contributed by atoms with Crippen molar-refractivity contribution in [2.75, 3.05) is 19.0 Å². The fourth-order valence-electron chi connectivity index (χ4n) is 0.797. The molecule has 60 valence electrons. The Morgan fingerprint density at radius 1 is 1.27 bits per heavy atom. The average Bonchev–Trinajstić information content (AvgIpc) is 1.85. The summed E-state index contributed by atoms with van der Waals surface area (Å²) in [6, 6.07) is 4.44. The van der Waals surface area contributed by atoms with Crippen molar-refractivity contribution in [3.05, 3.63) is 29.0 Å². The largest absolute Gasteiger partial charge is 0.378 e. The lowest BCUT2D eigenvalue weighted by molar-refractivity contribution is 0.628. The molecular weight excluding hydrogens is 165 g/mol. The van der Waals surface area contributed by atoms with Crippen molar-refractivity contribution in [2.45, 2.75) is 0 Å². The van der Waals surface area contributed by atoms with Crippen LogP contribution in [0.5, 0.6) is 0 Å². The molecule has 1 nitrogen and oxygen atoms in total. The molecule has 0 radical (unpaired) electrons. The van der Waals surface area contributed by atoms with E-state index in [-0.39, 0.29) is 5.82 Å². The summed E-state index contributed by atoms with van der Waals surface area (Å²) in [5, 5.41) is 0.425. The maximum Gasteiger partial charge on any atom is 0.126 e. The summed E-state index contributed by atoms with van der Waals surface area (Å²) in [5.74, 6) is -0.304. The van der Waals surface area contributed by atoms with Crippen LogP contribution in [-0.4, -0.2) is 14.1 Å². The molecule has 0 amide bonds. The van der Waals surface area contributed by atoms with E-state index in [1.807, 2.05) is 14.1 Å². The van der Waals surface area contributed by atoms with E-state index in [9.17, 15) is 4.39 Å². The van der Waals surface area contributed by atoms with E-state index >= 15 is 0 Å². The first-order chi connectivity index (χ1) is 5.09. The molecule has 0 N–H and O–H groups in total. The Morgan fingerprint density at radius 3 is 2.36 bits per heavy atom. The van der Waals surface area contributed by atoms with Crippen LogP contribution >= 0.6 is 11.6 Å². The summed E-state index contributed by atoms with van der Waals surface area (Å²) in [6.07, 6.45) is 0. The molecule has 0 unspecified atom stereocenters. The van der Waals surface area contributed by atoms with Gasteiger partial charge in [0.1, 0.15) is 5.82 Å². The van der Waals surface area contributed by atoms with Crippen molar-refractivity contribution in [1.82, 2.24) is 0 Å². The van der Waals surface area contributed by atoms with Gasteiger partial charge in [0.05, 0.1) is 0 Å². The van der Waals surface area contributed by atoms with Crippen LogP contribution in [0.15, 0.2) is 18.2 Å². The van der Waals surface area contributed by atoms with Gasteiger partial charge in [0.15, 0.2) is 0 Å². The van der Waals surface area contributed by atoms with Crippen LogP contribution < -0.4 is 4.90 Å². The first kappa shape index (κ1) is 8.34. The molecule has 0 atom stereocenters. The van der Waals surface area contributed by atoms with E-state index in [0.29, 0.717) is 5.02 Å². The molecule has 0 aliphatic heterocycles. The van der Waals surface area contributed by atoms with E-state index in [1.54, 1.807) is 11.0 Å². The summed E-state index contributed by atoms with van der Waals surface area (Å²) in [5.41, 5.74) is 0.773. The van der Waals surface area contributed by atoms with Crippen molar-refractivity contribution >= 4 is 17.3 Å². The lowest BCUT2D eigenvalue weighted by Gasteiger charge is -2.12. The molecule has 0 spiro atoms. The highest BCUT2D eigenvalue weighted by Crippen LogP contribution is 2.19. The monoisotopic (exact) mass is 173 g/mol. The summed E-state index contributed by atoms with van der Waals surface area (Å²) in [7, 11) is 3.68. The zero-order valence-corrected chi connectivity index (χ0v) is 7.19. The van der Waals surface area contributed by atoms with Crippen LogP contribution in [-0.2, 0) is 0 Å². The highest BCUT2D eigenvalue weighted by Gasteiger charge is 1.99. The fourth-order valence-corrected chi connectivity index (χ4v) is 1.01. The Bertz CT molecular complexity index is 240. The molecule has 1 rings (SSSR count). The molecule has 0 bridgehead atoms. The number of hydrogen-bond donors (Lipinski definition) is 0. The minimum absolute atomic E-state index is 0.304. The van der Waals surface area contributed by atoms with E-state index < -0.39 is 0 Å². The SMILES string of the molecule is CN(C)c1cc(F)cc(Cl)c1. The third kappa shape index (κ3) is 2.09. The number of benzene rings is 1. The molecule has 0 fully saturated rings. The second kappa shape index (κ2) is 3.09. The number of hydrogen-bond acceptors (Lipinski definition) is 1. The van der Waals surface area contributed by atoms with Gasteiger partial charge in [0.2, 0.25) is 0 Å². The molecule has 0 aromatic heterocycles. The predicted octanol–water partition coefficient (Wildman–Crippen LogP) is 2.55. The molecule has 0 saturated carbocycles. The summed E-state index contributed by atoms with van der Waals surface area (Å²) in [6.45, 7) is 0. The summed E-state index contributed by atoms with van der Waals surface area (Å²) < 4.78 is 12.7. The lowest BCUT2D eigenvalue weighted by Crippen LogP contribution is -2.08. The Kier molecular flexibility index (Phi) is 2.35. The Balaban J connectivity index is 3.08. The number of nitrogens with zero attached hydrogens (tertiary/aromatic N) is 1. The van der Waals surface area contributed by atoms with Crippen LogP contribution in [0.25, 0.3) is 0 Å². The topological polar surface area (TPSA) is 3.24 Å². The zero-order valence-electron chi connectivity index (χ0n) is 6.44. The second-order valence-corrected chi connectivity index (χ2v) is 2.96. The fraction of sp³-hybridized carbons (Fsp3) is 0.250. The van der Waals surface area contributed by atoms with Gasteiger partial charge in [-0.2, -0.15) is 0 Å². The molecule has 0 saturated heterocycles. The smallest absolute Gasteiger partial charge is 0.126 e. The van der Waals surface area contributed by atoms with Gasteiger partial charge in [-0.25, -0.2) is 4.39 Å². The lowest BCUT2D eigenvalue weighted by atomic mass is 10.3. The molecule has 1 aromatic carbocycles. The molecule has 0 aliphatic rings. The number of rotatable bonds is 1. The van der Waals surface area contributed by atoms with Crippen molar-refractivity contribution in [3.63, 3.8) is 0 Å². The number of halogens is 2. The van der Waals surface area contributed by atoms with Gasteiger partial charge < -0.3 is 4.90 Å². The van der Waals surface area contributed by atoms with Gasteiger partial charge in [0.25, 0.3) is 0 Å². The zero-order chi connectivity index (χ0) is 8.43. The highest BCUT2D eigenvalue weighted by atomic mass is 35.5. The Hall–Kier alpha value is -0.760. The molecule has 0 aliphatic carbocycles. The van der Waals surface area contributed by atoms with Gasteiger partial charge in [-0.15, -0.1) is 0 Å². The molecular formula is C8H9ClFN. The molecule has 11 heavy (non-hydrogen) atoms. The van der Waals surface area contributed by atoms with Crippen LogP contribution in [0, 0.1) is 5.82 Å². The van der Waals surface area contributed by atoms with Crippen molar-refractivity contribution in [1.29, 1.82) is 0 Å². The predicted molar refractivity (Wildman–Crippen MR) is 45.7 cm³/mol. The third-order valence-electron chi connectivity index (χ3n) is 1.36. The van der Waals surface area contributed by atoms with Crippen molar-refractivity contribution in [3.8, 4) is 0 Å². The Morgan fingerprint density at radius 2 is 1.91 bits per heavy atom. The molecule has 1 aromatic rings. The van der Waals surface area contributed by atoms with Crippen molar-refractivity contribution in [2.24, 2.45) is 0 Å². The van der Waals surface area contributed by atoms with Gasteiger partial charge in [-0.3, -0.25) is 0 Å². The second-order valence-electron chi connectivity index (χ2n) is 2.52. The van der Waals surface area contributed by atoms with E-state index in [2.05, 4.69) is 0 Å². The quantitative estimate of drug-likeness (QED) is 0.631. The van der Waals surface area contributed by atoms with E-state index in [0.717, 1.165) is 5.69 Å². The summed E-state index contributed by atoms with van der Waals surface area (Å²) in [4.78, 5) is 1.80.